The van der Waals surface area contributed by atoms with Gasteiger partial charge in [-0.15, -0.1) is 0 Å². The number of nitrogens with zero attached hydrogens (tertiary/aromatic N) is 4. The lowest BCUT2D eigenvalue weighted by Gasteiger charge is -2.15. The molecule has 2 aromatic heterocycles. The van der Waals surface area contributed by atoms with E-state index in [4.69, 9.17) is 10.00 Å². The van der Waals surface area contributed by atoms with Crippen molar-refractivity contribution in [2.75, 3.05) is 6.26 Å². The summed E-state index contributed by atoms with van der Waals surface area (Å²) in [5, 5.41) is 14.6. The normalized spacial score (nSPS) is 11.8. The van der Waals surface area contributed by atoms with E-state index < -0.39 is 50.0 Å². The third-order valence-electron chi connectivity index (χ3n) is 4.22. The Hall–Kier alpha value is -3.99. The molecule has 33 heavy (non-hydrogen) atoms. The summed E-state index contributed by atoms with van der Waals surface area (Å²) in [7, 11) is -3.93. The van der Waals surface area contributed by atoms with Crippen LogP contribution >= 0.6 is 0 Å². The molecule has 0 aliphatic carbocycles. The van der Waals surface area contributed by atoms with Gasteiger partial charge in [0.2, 0.25) is 5.75 Å². The molecule has 0 amide bonds. The van der Waals surface area contributed by atoms with Crippen molar-refractivity contribution in [2.24, 2.45) is 0 Å². The maximum atomic E-state index is 13.5. The lowest BCUT2D eigenvalue weighted by molar-refractivity contribution is -0.142. The molecule has 3 rings (SSSR count). The van der Waals surface area contributed by atoms with Crippen molar-refractivity contribution in [3.05, 3.63) is 73.8 Å². The maximum Gasteiger partial charge on any atom is 0.437 e. The van der Waals surface area contributed by atoms with E-state index in [1.165, 1.54) is 12.1 Å². The molecule has 0 aliphatic rings. The first-order valence-corrected chi connectivity index (χ1v) is 10.8. The molecule has 0 unspecified atom stereocenters. The number of aryl methyl sites for hydroxylation is 1. The van der Waals surface area contributed by atoms with Crippen LogP contribution in [0.4, 0.5) is 13.2 Å². The minimum absolute atomic E-state index is 0.105. The van der Waals surface area contributed by atoms with E-state index in [2.05, 4.69) is 10.1 Å². The van der Waals surface area contributed by atoms with Gasteiger partial charge in [-0.1, -0.05) is 0 Å². The Kier molecular flexibility index (Phi) is 6.10. The molecule has 3 aromatic rings. The number of H-pyrrole nitrogens is 1. The second kappa shape index (κ2) is 8.51. The van der Waals surface area contributed by atoms with Gasteiger partial charge in [-0.2, -0.15) is 23.5 Å². The molecule has 0 radical (unpaired) electrons. The van der Waals surface area contributed by atoms with Gasteiger partial charge >= 0.3 is 6.18 Å². The zero-order valence-corrected chi connectivity index (χ0v) is 17.8. The van der Waals surface area contributed by atoms with Crippen molar-refractivity contribution in [3.63, 3.8) is 0 Å². The van der Waals surface area contributed by atoms with Gasteiger partial charge in [0.15, 0.2) is 15.5 Å². The van der Waals surface area contributed by atoms with Gasteiger partial charge in [-0.05, 0) is 36.8 Å². The minimum atomic E-state index is -5.03. The van der Waals surface area contributed by atoms with Crippen molar-refractivity contribution in [3.8, 4) is 17.6 Å². The Labute approximate surface area is 183 Å². The number of hydrogen-bond donors (Lipinski definition) is 1. The second-order valence-corrected chi connectivity index (χ2v) is 8.91. The first kappa shape index (κ1) is 23.7. The van der Waals surface area contributed by atoms with Crippen LogP contribution in [-0.4, -0.2) is 34.4 Å². The third kappa shape index (κ3) is 5.26. The molecule has 2 heterocycles. The molecule has 1 aromatic carbocycles. The Morgan fingerprint density at radius 2 is 1.91 bits per heavy atom. The Bertz CT molecular complexity index is 1500. The second-order valence-electron chi connectivity index (χ2n) is 6.93. The van der Waals surface area contributed by atoms with Crippen LogP contribution in [0.5, 0.6) is 11.5 Å². The zero-order valence-electron chi connectivity index (χ0n) is 17.0. The zero-order chi connectivity index (χ0) is 24.6. The predicted octanol–water partition coefficient (Wildman–Crippen LogP) is 1.77. The molecule has 14 heteroatoms. The number of rotatable bonds is 5. The summed E-state index contributed by atoms with van der Waals surface area (Å²) in [5.74, 6) is -1.33. The van der Waals surface area contributed by atoms with Crippen LogP contribution in [0.1, 0.15) is 22.5 Å². The van der Waals surface area contributed by atoms with E-state index in [0.29, 0.717) is 16.5 Å². The number of benzene rings is 1. The van der Waals surface area contributed by atoms with Gasteiger partial charge in [-0.25, -0.2) is 18.5 Å². The predicted molar refractivity (Wildman–Crippen MR) is 107 cm³/mol. The van der Waals surface area contributed by atoms with Crippen LogP contribution in [-0.2, 0) is 22.6 Å². The molecular weight excluding hydrogens is 467 g/mol. The summed E-state index contributed by atoms with van der Waals surface area (Å²) in [6, 6.07) is 6.70. The van der Waals surface area contributed by atoms with Crippen LogP contribution in [0, 0.1) is 18.3 Å². The van der Waals surface area contributed by atoms with E-state index in [1.54, 1.807) is 6.92 Å². The van der Waals surface area contributed by atoms with Crippen LogP contribution < -0.4 is 15.9 Å². The highest BCUT2D eigenvalue weighted by atomic mass is 32.2. The number of aromatic amines is 1. The summed E-state index contributed by atoms with van der Waals surface area (Å²) >= 11 is 0. The minimum Gasteiger partial charge on any atom is -0.449 e. The van der Waals surface area contributed by atoms with Gasteiger partial charge in [0.1, 0.15) is 10.6 Å². The summed E-state index contributed by atoms with van der Waals surface area (Å²) in [4.78, 5) is 27.2. The molecule has 0 fully saturated rings. The van der Waals surface area contributed by atoms with Crippen molar-refractivity contribution in [1.29, 1.82) is 5.26 Å². The monoisotopic (exact) mass is 481 g/mol. The summed E-state index contributed by atoms with van der Waals surface area (Å²) in [6.07, 6.45) is -3.65. The molecule has 172 valence electrons. The van der Waals surface area contributed by atoms with Gasteiger partial charge in [0.25, 0.3) is 11.1 Å². The quantitative estimate of drug-likeness (QED) is 0.580. The summed E-state index contributed by atoms with van der Waals surface area (Å²) in [6.45, 7) is 1.07. The number of ether oxygens (including phenoxy) is 1. The van der Waals surface area contributed by atoms with Gasteiger partial charge in [-0.3, -0.25) is 14.2 Å². The first-order chi connectivity index (χ1) is 15.3. The topological polar surface area (TPSA) is 148 Å². The number of halogens is 3. The highest BCUT2D eigenvalue weighted by Gasteiger charge is 2.38. The van der Waals surface area contributed by atoms with Gasteiger partial charge in [0.05, 0.1) is 30.2 Å². The number of aromatic nitrogens is 4. The molecule has 0 aliphatic heterocycles. The van der Waals surface area contributed by atoms with Crippen LogP contribution in [0.15, 0.2) is 45.1 Å². The smallest absolute Gasteiger partial charge is 0.437 e. The van der Waals surface area contributed by atoms with E-state index in [9.17, 15) is 31.2 Å². The van der Waals surface area contributed by atoms with Crippen molar-refractivity contribution < 1.29 is 26.3 Å². The SMILES string of the molecule is Cc1cc(C#N)cc(Oc2c(C(F)(F)F)ncn(Cc3cc(S(C)(=O)=O)c(=O)[nH]n3)c2=O)c1. The fourth-order valence-electron chi connectivity index (χ4n) is 2.82. The lowest BCUT2D eigenvalue weighted by atomic mass is 10.1. The molecule has 1 N–H and O–H groups in total. The molecular formula is C19H14F3N5O5S. The summed E-state index contributed by atoms with van der Waals surface area (Å²) in [5.41, 5.74) is -3.34. The Balaban J connectivity index is 2.12. The summed E-state index contributed by atoms with van der Waals surface area (Å²) < 4.78 is 69.8. The van der Waals surface area contributed by atoms with Gasteiger partial charge < -0.3 is 4.74 Å². The molecule has 0 spiro atoms. The molecule has 0 bridgehead atoms. The Morgan fingerprint density at radius 3 is 2.52 bits per heavy atom. The number of nitriles is 1. The van der Waals surface area contributed by atoms with Crippen LogP contribution in [0.2, 0.25) is 0 Å². The lowest BCUT2D eigenvalue weighted by Crippen LogP contribution is -2.28. The molecule has 0 saturated heterocycles. The van der Waals surface area contributed by atoms with Gasteiger partial charge in [0, 0.05) is 6.26 Å². The number of alkyl halides is 3. The van der Waals surface area contributed by atoms with E-state index >= 15 is 0 Å². The number of nitrogens with one attached hydrogen (secondary N) is 1. The molecule has 10 nitrogen and oxygen atoms in total. The maximum absolute atomic E-state index is 13.5. The first-order valence-electron chi connectivity index (χ1n) is 8.94. The molecule has 0 atom stereocenters. The fraction of sp³-hybridized carbons (Fsp3) is 0.211. The number of sulfone groups is 1. The molecule has 0 saturated carbocycles. The standard InChI is InChI=1S/C19H14F3N5O5S/c1-10-3-11(7-23)5-13(4-10)32-15-16(19(20,21)22)24-9-27(18(15)29)8-12-6-14(33(2,30)31)17(28)26-25-12/h3-6,9H,8H2,1-2H3,(H,26,28). The Morgan fingerprint density at radius 1 is 1.21 bits per heavy atom. The van der Waals surface area contributed by atoms with Crippen molar-refractivity contribution in [1.82, 2.24) is 19.7 Å². The van der Waals surface area contributed by atoms with E-state index in [0.717, 1.165) is 18.4 Å². The largest absolute Gasteiger partial charge is 0.449 e. The average molecular weight is 481 g/mol. The van der Waals surface area contributed by atoms with E-state index in [-0.39, 0.29) is 17.0 Å². The van der Waals surface area contributed by atoms with Crippen molar-refractivity contribution in [2.45, 2.75) is 24.5 Å². The average Bonchev–Trinajstić information content (AvgIpc) is 2.70. The fourth-order valence-corrected chi connectivity index (χ4v) is 3.56. The highest BCUT2D eigenvalue weighted by molar-refractivity contribution is 7.90. The van der Waals surface area contributed by atoms with Crippen LogP contribution in [0.3, 0.4) is 0 Å². The van der Waals surface area contributed by atoms with Crippen LogP contribution in [0.25, 0.3) is 0 Å². The number of hydrogen-bond acceptors (Lipinski definition) is 8. The van der Waals surface area contributed by atoms with E-state index in [1.807, 2.05) is 11.2 Å². The van der Waals surface area contributed by atoms with Crippen molar-refractivity contribution >= 4 is 9.84 Å². The highest BCUT2D eigenvalue weighted by Crippen LogP contribution is 2.34. The third-order valence-corrected chi connectivity index (χ3v) is 5.32.